The second kappa shape index (κ2) is 9.91. The van der Waals surface area contributed by atoms with Crippen molar-refractivity contribution in [2.75, 3.05) is 14.2 Å². The molecule has 2 aromatic rings. The highest BCUT2D eigenvalue weighted by Gasteiger charge is 2.35. The maximum absolute atomic E-state index is 14.7. The van der Waals surface area contributed by atoms with Crippen LogP contribution in [-0.2, 0) is 6.42 Å². The molecule has 0 radical (unpaired) electrons. The summed E-state index contributed by atoms with van der Waals surface area (Å²) in [4.78, 5) is 0. The third-order valence-electron chi connectivity index (χ3n) is 5.80. The Kier molecular flexibility index (Phi) is 7.29. The molecule has 0 fully saturated rings. The van der Waals surface area contributed by atoms with Crippen LogP contribution in [0, 0.1) is 5.82 Å². The molecule has 1 heterocycles. The van der Waals surface area contributed by atoms with E-state index in [1.807, 2.05) is 12.1 Å². The topological polar surface area (TPSA) is 21.5 Å². The van der Waals surface area contributed by atoms with Gasteiger partial charge in [0.05, 0.1) is 14.2 Å². The van der Waals surface area contributed by atoms with Crippen molar-refractivity contribution in [1.82, 2.24) is 0 Å². The molecule has 1 aliphatic heterocycles. The Morgan fingerprint density at radius 2 is 1.69 bits per heavy atom. The van der Waals surface area contributed by atoms with E-state index in [2.05, 4.69) is 30.6 Å². The molecule has 1 unspecified atom stereocenters. The number of unbranched alkanes of at least 4 members (excludes halogenated alkanes) is 4. The van der Waals surface area contributed by atoms with E-state index >= 15 is 0 Å². The summed E-state index contributed by atoms with van der Waals surface area (Å²) in [7, 11) is 3.33. The van der Waals surface area contributed by atoms with Gasteiger partial charge in [0.25, 0.3) is 0 Å². The highest BCUT2D eigenvalue weighted by atomic mass is 19.1. The van der Waals surface area contributed by atoms with Crippen molar-refractivity contribution in [2.45, 2.75) is 64.8 Å². The molecule has 3 rings (SSSR count). The third-order valence-corrected chi connectivity index (χ3v) is 5.80. The van der Waals surface area contributed by atoms with Crippen LogP contribution in [0.3, 0.4) is 0 Å². The first-order chi connectivity index (χ1) is 14.1. The number of para-hydroxylation sites is 1. The number of rotatable bonds is 9. The molecule has 0 saturated carbocycles. The second-order valence-corrected chi connectivity index (χ2v) is 7.85. The summed E-state index contributed by atoms with van der Waals surface area (Å²) in [6, 6.07) is 11.4. The lowest BCUT2D eigenvalue weighted by atomic mass is 9.89. The summed E-state index contributed by atoms with van der Waals surface area (Å²) in [6.45, 7) is 4.40. The molecule has 0 bridgehead atoms. The summed E-state index contributed by atoms with van der Waals surface area (Å²) in [5.41, 5.74) is 4.23. The molecular weight excluding hydrogens is 365 g/mol. The number of nitrogens with zero attached hydrogens (tertiary/aromatic N) is 1. The number of hydrogen-bond donors (Lipinski definition) is 0. The first-order valence-electron chi connectivity index (χ1n) is 10.8. The molecule has 1 aliphatic rings. The predicted molar refractivity (Wildman–Crippen MR) is 117 cm³/mol. The summed E-state index contributed by atoms with van der Waals surface area (Å²) >= 11 is 0. The molecule has 29 heavy (non-hydrogen) atoms. The number of halogens is 1. The Balaban J connectivity index is 2.09. The maximum atomic E-state index is 14.7. The smallest absolute Gasteiger partial charge is 0.241 e. The molecule has 2 aromatic carbocycles. The van der Waals surface area contributed by atoms with Crippen molar-refractivity contribution >= 4 is 11.4 Å². The fourth-order valence-corrected chi connectivity index (χ4v) is 4.35. The Hall–Kier alpha value is -2.36. The van der Waals surface area contributed by atoms with Gasteiger partial charge in [0.1, 0.15) is 0 Å². The van der Waals surface area contributed by atoms with Gasteiger partial charge in [0.2, 0.25) is 5.69 Å². The van der Waals surface area contributed by atoms with Gasteiger partial charge >= 0.3 is 0 Å². The van der Waals surface area contributed by atoms with Crippen molar-refractivity contribution in [3.63, 3.8) is 0 Å². The normalized spacial score (nSPS) is 16.0. The van der Waals surface area contributed by atoms with Crippen LogP contribution < -0.4 is 9.47 Å². The predicted octanol–water partition coefficient (Wildman–Crippen LogP) is 6.28. The van der Waals surface area contributed by atoms with E-state index in [1.54, 1.807) is 26.4 Å². The fraction of sp³-hybridized carbons (Fsp3) is 0.480. The van der Waals surface area contributed by atoms with E-state index in [1.165, 1.54) is 37.0 Å². The van der Waals surface area contributed by atoms with E-state index in [0.717, 1.165) is 36.3 Å². The van der Waals surface area contributed by atoms with Gasteiger partial charge in [-0.25, -0.2) is 0 Å². The quantitative estimate of drug-likeness (QED) is 0.366. The molecule has 4 heteroatoms. The van der Waals surface area contributed by atoms with Crippen LogP contribution in [0.25, 0.3) is 0 Å². The molecule has 0 N–H and O–H groups in total. The van der Waals surface area contributed by atoms with Crippen LogP contribution in [-0.4, -0.2) is 30.5 Å². The summed E-state index contributed by atoms with van der Waals surface area (Å²) < 4.78 is 28.0. The van der Waals surface area contributed by atoms with Crippen molar-refractivity contribution in [1.29, 1.82) is 0 Å². The van der Waals surface area contributed by atoms with Gasteiger partial charge in [-0.2, -0.15) is 8.97 Å². The Bertz CT molecular complexity index is 875. The summed E-state index contributed by atoms with van der Waals surface area (Å²) in [5, 5.41) is 0. The van der Waals surface area contributed by atoms with Crippen LogP contribution in [0.1, 0.15) is 63.5 Å². The highest BCUT2D eigenvalue weighted by Crippen LogP contribution is 2.36. The van der Waals surface area contributed by atoms with Gasteiger partial charge in [-0.05, 0) is 37.1 Å². The summed E-state index contributed by atoms with van der Waals surface area (Å²) in [5.74, 6) is 1.30. The van der Waals surface area contributed by atoms with Gasteiger partial charge in [-0.3, -0.25) is 0 Å². The first-order valence-corrected chi connectivity index (χ1v) is 10.8. The second-order valence-electron chi connectivity index (χ2n) is 7.85. The molecule has 1 atom stereocenters. The van der Waals surface area contributed by atoms with Crippen molar-refractivity contribution in [2.24, 2.45) is 0 Å². The van der Waals surface area contributed by atoms with Crippen LogP contribution in [0.5, 0.6) is 11.5 Å². The molecule has 156 valence electrons. The number of methoxy groups -OCH3 is 2. The Morgan fingerprint density at radius 1 is 1.00 bits per heavy atom. The van der Waals surface area contributed by atoms with Crippen molar-refractivity contribution in [3.05, 3.63) is 53.3 Å². The molecule has 0 saturated heterocycles. The van der Waals surface area contributed by atoms with Crippen LogP contribution >= 0.6 is 0 Å². The molecule has 0 aliphatic carbocycles. The minimum absolute atomic E-state index is 0.170. The SMILES string of the molecule is CCCCCCCC1=[N+](c2ccccc2F)C(C)Cc2cc(OC)c(OC)cc21. The zero-order valence-corrected chi connectivity index (χ0v) is 18.1. The minimum Gasteiger partial charge on any atom is -0.493 e. The molecule has 0 aromatic heterocycles. The maximum Gasteiger partial charge on any atom is 0.241 e. The average molecular weight is 399 g/mol. The first kappa shape index (κ1) is 21.4. The highest BCUT2D eigenvalue weighted by molar-refractivity contribution is 6.00. The van der Waals surface area contributed by atoms with E-state index in [9.17, 15) is 4.39 Å². The number of fused-ring (bicyclic) bond motifs is 1. The van der Waals surface area contributed by atoms with Gasteiger partial charge < -0.3 is 9.47 Å². The van der Waals surface area contributed by atoms with E-state index in [0.29, 0.717) is 5.69 Å². The molecule has 3 nitrogen and oxygen atoms in total. The fourth-order valence-electron chi connectivity index (χ4n) is 4.35. The average Bonchev–Trinajstić information content (AvgIpc) is 2.73. The van der Waals surface area contributed by atoms with Crippen molar-refractivity contribution in [3.8, 4) is 11.5 Å². The van der Waals surface area contributed by atoms with E-state index in [-0.39, 0.29) is 11.9 Å². The zero-order valence-electron chi connectivity index (χ0n) is 18.1. The van der Waals surface area contributed by atoms with Crippen LogP contribution in [0.2, 0.25) is 0 Å². The zero-order chi connectivity index (χ0) is 20.8. The number of ether oxygens (including phenoxy) is 2. The Labute approximate surface area is 174 Å². The lowest BCUT2D eigenvalue weighted by Crippen LogP contribution is -2.34. The minimum atomic E-state index is -0.174. The largest absolute Gasteiger partial charge is 0.493 e. The molecule has 0 amide bonds. The van der Waals surface area contributed by atoms with Gasteiger partial charge in [0.15, 0.2) is 29.1 Å². The lowest BCUT2D eigenvalue weighted by Gasteiger charge is -2.25. The third kappa shape index (κ3) is 4.63. The molecular formula is C25H33FNO2+. The molecule has 0 spiro atoms. The van der Waals surface area contributed by atoms with E-state index < -0.39 is 0 Å². The number of hydrogen-bond acceptors (Lipinski definition) is 2. The van der Waals surface area contributed by atoms with Gasteiger partial charge in [0, 0.05) is 24.5 Å². The number of benzene rings is 2. The summed E-state index contributed by atoms with van der Waals surface area (Å²) in [6.07, 6.45) is 7.80. The lowest BCUT2D eigenvalue weighted by molar-refractivity contribution is -0.485. The van der Waals surface area contributed by atoms with Crippen LogP contribution in [0.15, 0.2) is 36.4 Å². The Morgan fingerprint density at radius 3 is 2.38 bits per heavy atom. The van der Waals surface area contributed by atoms with E-state index in [4.69, 9.17) is 9.47 Å². The van der Waals surface area contributed by atoms with Gasteiger partial charge in [-0.1, -0.05) is 44.7 Å². The van der Waals surface area contributed by atoms with Gasteiger partial charge in [-0.15, -0.1) is 0 Å². The standard InChI is InChI=1S/C25H33FNO2/c1-5-6-7-8-9-13-22-20-17-25(29-4)24(28-3)16-19(20)15-18(2)27(22)23-14-11-10-12-21(23)26/h10-12,14,16-18H,5-9,13,15H2,1-4H3/q+1. The monoisotopic (exact) mass is 398 g/mol. The van der Waals surface area contributed by atoms with Crippen LogP contribution in [0.4, 0.5) is 10.1 Å². The van der Waals surface area contributed by atoms with Crippen molar-refractivity contribution < 1.29 is 18.4 Å².